The van der Waals surface area contributed by atoms with Crippen LogP contribution >= 0.6 is 0 Å². The number of pyridine rings is 1. The van der Waals surface area contributed by atoms with E-state index in [1.807, 2.05) is 30.3 Å². The van der Waals surface area contributed by atoms with Gasteiger partial charge in [0.05, 0.1) is 5.69 Å². The van der Waals surface area contributed by atoms with E-state index < -0.39 is 0 Å². The molecule has 24 heavy (non-hydrogen) atoms. The van der Waals surface area contributed by atoms with Crippen LogP contribution in [0.2, 0.25) is 0 Å². The molecule has 0 aliphatic rings. The third-order valence-corrected chi connectivity index (χ3v) is 3.82. The van der Waals surface area contributed by atoms with E-state index in [-0.39, 0.29) is 11.4 Å². The third-order valence-electron chi connectivity index (χ3n) is 3.82. The maximum absolute atomic E-state index is 10.1. The summed E-state index contributed by atoms with van der Waals surface area (Å²) in [5, 5.41) is 29.1. The van der Waals surface area contributed by atoms with Gasteiger partial charge in [0.2, 0.25) is 0 Å². The molecule has 114 valence electrons. The molecule has 4 aromatic rings. The lowest BCUT2D eigenvalue weighted by Gasteiger charge is -2.10. The van der Waals surface area contributed by atoms with E-state index in [4.69, 9.17) is 0 Å². The van der Waals surface area contributed by atoms with Gasteiger partial charge in [-0.15, -0.1) is 5.10 Å². The lowest BCUT2D eigenvalue weighted by molar-refractivity contribution is 0.481. The Morgan fingerprint density at radius 3 is 2.62 bits per heavy atom. The van der Waals surface area contributed by atoms with Gasteiger partial charge in [-0.1, -0.05) is 29.5 Å². The Hall–Kier alpha value is -3.72. The highest BCUT2D eigenvalue weighted by molar-refractivity contribution is 5.94. The monoisotopic (exact) mass is 313 g/mol. The maximum atomic E-state index is 10.1. The Morgan fingerprint density at radius 1 is 1.00 bits per heavy atom. The molecule has 0 bridgehead atoms. The van der Waals surface area contributed by atoms with Crippen molar-refractivity contribution in [1.29, 1.82) is 5.26 Å². The molecule has 0 aliphatic carbocycles. The molecule has 0 saturated heterocycles. The van der Waals surface area contributed by atoms with Crippen molar-refractivity contribution in [2.24, 2.45) is 0 Å². The second-order valence-electron chi connectivity index (χ2n) is 5.20. The normalized spacial score (nSPS) is 10.6. The number of hydrogen-bond donors (Lipinski definition) is 1. The van der Waals surface area contributed by atoms with E-state index >= 15 is 0 Å². The van der Waals surface area contributed by atoms with Crippen LogP contribution in [0.4, 0.5) is 0 Å². The fourth-order valence-corrected chi connectivity index (χ4v) is 2.75. The summed E-state index contributed by atoms with van der Waals surface area (Å²) in [7, 11) is 0. The van der Waals surface area contributed by atoms with Crippen LogP contribution in [0.1, 0.15) is 5.69 Å². The largest absolute Gasteiger partial charge is 0.507 e. The van der Waals surface area contributed by atoms with Gasteiger partial charge in [-0.2, -0.15) is 5.26 Å². The molecule has 0 radical (unpaired) electrons. The van der Waals surface area contributed by atoms with Crippen LogP contribution < -0.4 is 0 Å². The summed E-state index contributed by atoms with van der Waals surface area (Å²) in [6, 6.07) is 16.6. The van der Waals surface area contributed by atoms with Crippen molar-refractivity contribution >= 4 is 10.8 Å². The quantitative estimate of drug-likeness (QED) is 0.614. The molecule has 1 N–H and O–H groups in total. The first-order valence-corrected chi connectivity index (χ1v) is 7.27. The highest BCUT2D eigenvalue weighted by Crippen LogP contribution is 2.31. The summed E-state index contributed by atoms with van der Waals surface area (Å²) < 4.78 is 1.61. The molecular weight excluding hydrogens is 302 g/mol. The van der Waals surface area contributed by atoms with E-state index in [0.717, 1.165) is 16.6 Å². The Kier molecular flexibility index (Phi) is 3.18. The van der Waals surface area contributed by atoms with Crippen molar-refractivity contribution in [3.8, 4) is 28.8 Å². The minimum Gasteiger partial charge on any atom is -0.507 e. The Balaban J connectivity index is 2.05. The van der Waals surface area contributed by atoms with E-state index in [1.54, 1.807) is 35.3 Å². The van der Waals surface area contributed by atoms with Crippen LogP contribution in [0.25, 0.3) is 27.7 Å². The van der Waals surface area contributed by atoms with Crippen LogP contribution in [0.3, 0.4) is 0 Å². The second-order valence-corrected chi connectivity index (χ2v) is 5.20. The summed E-state index contributed by atoms with van der Waals surface area (Å²) in [6.07, 6.45) is 3.33. The van der Waals surface area contributed by atoms with Crippen molar-refractivity contribution in [3.63, 3.8) is 0 Å². The second kappa shape index (κ2) is 5.48. The predicted molar refractivity (Wildman–Crippen MR) is 88.5 cm³/mol. The molecule has 0 aliphatic heterocycles. The van der Waals surface area contributed by atoms with Gasteiger partial charge in [-0.25, -0.2) is 4.68 Å². The molecule has 2 aromatic heterocycles. The van der Waals surface area contributed by atoms with Crippen molar-refractivity contribution in [1.82, 2.24) is 20.0 Å². The first kappa shape index (κ1) is 13.9. The summed E-state index contributed by atoms with van der Waals surface area (Å²) in [6.45, 7) is 0. The number of nitrogens with zero attached hydrogens (tertiary/aromatic N) is 5. The van der Waals surface area contributed by atoms with Crippen molar-refractivity contribution in [2.45, 2.75) is 0 Å². The average Bonchev–Trinajstić information content (AvgIpc) is 3.06. The van der Waals surface area contributed by atoms with Crippen LogP contribution in [-0.4, -0.2) is 25.1 Å². The minimum atomic E-state index is 0.192. The van der Waals surface area contributed by atoms with Gasteiger partial charge in [-0.3, -0.25) is 4.98 Å². The number of benzene rings is 2. The number of aromatic nitrogens is 4. The van der Waals surface area contributed by atoms with E-state index in [0.29, 0.717) is 11.1 Å². The number of phenols is 1. The van der Waals surface area contributed by atoms with Gasteiger partial charge in [-0.05, 0) is 24.3 Å². The molecule has 0 atom stereocenters. The Labute approximate surface area is 137 Å². The maximum Gasteiger partial charge on any atom is 0.191 e. The molecule has 0 amide bonds. The van der Waals surface area contributed by atoms with Crippen molar-refractivity contribution in [3.05, 3.63) is 66.6 Å². The highest BCUT2D eigenvalue weighted by Gasteiger charge is 2.18. The number of fused-ring (bicyclic) bond motifs is 1. The van der Waals surface area contributed by atoms with Crippen LogP contribution in [0.5, 0.6) is 5.75 Å². The molecule has 0 saturated carbocycles. The fraction of sp³-hybridized carbons (Fsp3) is 0. The number of rotatable bonds is 2. The van der Waals surface area contributed by atoms with Gasteiger partial charge in [0.25, 0.3) is 0 Å². The molecule has 2 aromatic carbocycles. The summed E-state index contributed by atoms with van der Waals surface area (Å²) in [5.41, 5.74) is 2.27. The molecule has 4 rings (SSSR count). The number of nitriles is 1. The highest BCUT2D eigenvalue weighted by atomic mass is 16.3. The average molecular weight is 313 g/mol. The molecule has 6 nitrogen and oxygen atoms in total. The number of aromatic hydroxyl groups is 1. The lowest BCUT2D eigenvalue weighted by Crippen LogP contribution is -2.01. The lowest BCUT2D eigenvalue weighted by atomic mass is 10.1. The standard InChI is InChI=1S/C18H11N5O/c19-10-15-18(12-4-3-9-20-11-12)23(22-21-15)16-7-1-6-14-13(16)5-2-8-17(14)24/h1-9,11,24H. The molecule has 2 heterocycles. The number of hydrogen-bond acceptors (Lipinski definition) is 5. The first-order chi connectivity index (χ1) is 11.8. The summed E-state index contributed by atoms with van der Waals surface area (Å²) >= 11 is 0. The van der Waals surface area contributed by atoms with Gasteiger partial charge < -0.3 is 5.11 Å². The SMILES string of the molecule is N#Cc1nnn(-c2cccc3c(O)cccc23)c1-c1cccnc1. The zero-order valence-electron chi connectivity index (χ0n) is 12.5. The van der Waals surface area contributed by atoms with E-state index in [9.17, 15) is 10.4 Å². The number of phenolic OH excluding ortho intramolecular Hbond substituents is 1. The Morgan fingerprint density at radius 2 is 1.83 bits per heavy atom. The predicted octanol–water partition coefficient (Wildman–Crippen LogP) is 3.06. The van der Waals surface area contributed by atoms with E-state index in [1.165, 1.54) is 0 Å². The smallest absolute Gasteiger partial charge is 0.191 e. The van der Waals surface area contributed by atoms with Gasteiger partial charge >= 0.3 is 0 Å². The van der Waals surface area contributed by atoms with Crippen LogP contribution in [-0.2, 0) is 0 Å². The zero-order valence-corrected chi connectivity index (χ0v) is 12.5. The van der Waals surface area contributed by atoms with E-state index in [2.05, 4.69) is 21.4 Å². The molecule has 0 spiro atoms. The van der Waals surface area contributed by atoms with Gasteiger partial charge in [0, 0.05) is 28.7 Å². The fourth-order valence-electron chi connectivity index (χ4n) is 2.75. The molecule has 0 unspecified atom stereocenters. The summed E-state index contributed by atoms with van der Waals surface area (Å²) in [4.78, 5) is 4.11. The van der Waals surface area contributed by atoms with Crippen molar-refractivity contribution < 1.29 is 5.11 Å². The molecule has 6 heteroatoms. The van der Waals surface area contributed by atoms with Crippen molar-refractivity contribution in [2.75, 3.05) is 0 Å². The minimum absolute atomic E-state index is 0.192. The molecular formula is C18H11N5O. The first-order valence-electron chi connectivity index (χ1n) is 7.27. The zero-order chi connectivity index (χ0) is 16.5. The topological polar surface area (TPSA) is 87.6 Å². The van der Waals surface area contributed by atoms with Gasteiger partial charge in [0.15, 0.2) is 5.69 Å². The van der Waals surface area contributed by atoms with Crippen LogP contribution in [0.15, 0.2) is 60.9 Å². The van der Waals surface area contributed by atoms with Gasteiger partial charge in [0.1, 0.15) is 17.5 Å². The molecule has 0 fully saturated rings. The summed E-state index contributed by atoms with van der Waals surface area (Å²) in [5.74, 6) is 0.192. The van der Waals surface area contributed by atoms with Crippen LogP contribution in [0, 0.1) is 11.3 Å². The Bertz CT molecular complexity index is 1080. The third kappa shape index (κ3) is 2.08.